The van der Waals surface area contributed by atoms with Gasteiger partial charge in [-0.25, -0.2) is 4.99 Å². The number of hydrogen-bond acceptors (Lipinski definition) is 4. The van der Waals surface area contributed by atoms with Gasteiger partial charge < -0.3 is 16.0 Å². The molecule has 4 rings (SSSR count). The first-order valence-electron chi connectivity index (χ1n) is 11.0. The van der Waals surface area contributed by atoms with E-state index in [0.717, 1.165) is 14.7 Å². The van der Waals surface area contributed by atoms with Crippen LogP contribution in [0.5, 0.6) is 0 Å². The van der Waals surface area contributed by atoms with Gasteiger partial charge in [0.1, 0.15) is 11.9 Å². The molecule has 2 atom stereocenters. The maximum Gasteiger partial charge on any atom is 0.257 e. The zero-order chi connectivity index (χ0) is 25.1. The first-order chi connectivity index (χ1) is 16.7. The van der Waals surface area contributed by atoms with Gasteiger partial charge in [-0.15, -0.1) is 0 Å². The summed E-state index contributed by atoms with van der Waals surface area (Å²) < 4.78 is 0.928. The minimum atomic E-state index is -0.566. The Bertz CT molecular complexity index is 1280. The number of fused-ring (bicyclic) bond motifs is 1. The van der Waals surface area contributed by atoms with Gasteiger partial charge in [-0.05, 0) is 83.1 Å². The fraction of sp³-hybridized carbons (Fsp3) is 0.192. The molecule has 0 aliphatic carbocycles. The Labute approximate surface area is 227 Å². The van der Waals surface area contributed by atoms with Crippen LogP contribution in [0.25, 0.3) is 0 Å². The summed E-state index contributed by atoms with van der Waals surface area (Å²) in [4.78, 5) is 32.3. The monoisotopic (exact) mass is 620 g/mol. The molecule has 2 amide bonds. The molecule has 1 aliphatic rings. The quantitative estimate of drug-likeness (QED) is 0.329. The van der Waals surface area contributed by atoms with Gasteiger partial charge in [-0.3, -0.25) is 9.59 Å². The van der Waals surface area contributed by atoms with Gasteiger partial charge in [0, 0.05) is 26.6 Å². The Morgan fingerprint density at radius 1 is 1.09 bits per heavy atom. The number of amidine groups is 1. The van der Waals surface area contributed by atoms with Crippen LogP contribution in [-0.2, 0) is 4.79 Å². The zero-order valence-electron chi connectivity index (χ0n) is 18.8. The van der Waals surface area contributed by atoms with E-state index >= 15 is 0 Å². The van der Waals surface area contributed by atoms with Crippen LogP contribution in [0.1, 0.15) is 46.9 Å². The lowest BCUT2D eigenvalue weighted by atomic mass is 9.98. The molecule has 1 aliphatic heterocycles. The molecule has 3 aromatic carbocycles. The second-order valence-electron chi connectivity index (χ2n) is 8.20. The second kappa shape index (κ2) is 11.0. The molecule has 6 nitrogen and oxygen atoms in total. The molecule has 0 radical (unpaired) electrons. The highest BCUT2D eigenvalue weighted by Gasteiger charge is 2.38. The Kier molecular flexibility index (Phi) is 7.98. The topological polar surface area (TPSA) is 87.8 Å². The van der Waals surface area contributed by atoms with Crippen LogP contribution in [0.4, 0.5) is 5.69 Å². The van der Waals surface area contributed by atoms with E-state index < -0.39 is 11.9 Å². The summed E-state index contributed by atoms with van der Waals surface area (Å²) in [6.07, 6.45) is 0.132. The third kappa shape index (κ3) is 5.79. The summed E-state index contributed by atoms with van der Waals surface area (Å²) in [7, 11) is 0. The Morgan fingerprint density at radius 2 is 1.71 bits per heavy atom. The average molecular weight is 621 g/mol. The van der Waals surface area contributed by atoms with Gasteiger partial charge in [-0.1, -0.05) is 47.5 Å². The van der Waals surface area contributed by atoms with Crippen LogP contribution in [0, 0.1) is 3.57 Å². The number of hydrogen-bond donors (Lipinski definition) is 2. The molecule has 0 saturated carbocycles. The lowest BCUT2D eigenvalue weighted by Crippen LogP contribution is -2.44. The summed E-state index contributed by atoms with van der Waals surface area (Å²) >= 11 is 14.5. The maximum atomic E-state index is 14.1. The van der Waals surface area contributed by atoms with Crippen molar-refractivity contribution in [2.45, 2.75) is 25.4 Å². The van der Waals surface area contributed by atoms with E-state index in [0.29, 0.717) is 27.1 Å². The highest BCUT2D eigenvalue weighted by atomic mass is 127. The molecular weight excluding hydrogens is 598 g/mol. The van der Waals surface area contributed by atoms with Crippen LogP contribution in [0.15, 0.2) is 71.7 Å². The molecular formula is C26H23Cl2IN4O2. The minimum Gasteiger partial charge on any atom is -0.371 e. The van der Waals surface area contributed by atoms with Crippen LogP contribution in [-0.4, -0.2) is 29.1 Å². The summed E-state index contributed by atoms with van der Waals surface area (Å²) in [5.74, 6) is -0.0359. The van der Waals surface area contributed by atoms with Crippen molar-refractivity contribution >= 4 is 69.1 Å². The zero-order valence-corrected chi connectivity index (χ0v) is 22.5. The molecule has 180 valence electrons. The van der Waals surface area contributed by atoms with E-state index in [1.165, 1.54) is 0 Å². The van der Waals surface area contributed by atoms with E-state index in [4.69, 9.17) is 33.9 Å². The predicted molar refractivity (Wildman–Crippen MR) is 148 cm³/mol. The van der Waals surface area contributed by atoms with Crippen molar-refractivity contribution in [1.82, 2.24) is 10.2 Å². The van der Waals surface area contributed by atoms with E-state index in [1.54, 1.807) is 12.1 Å². The predicted octanol–water partition coefficient (Wildman–Crippen LogP) is 6.05. The van der Waals surface area contributed by atoms with Gasteiger partial charge in [0.25, 0.3) is 5.91 Å². The first-order valence-corrected chi connectivity index (χ1v) is 12.8. The number of rotatable bonds is 6. The van der Waals surface area contributed by atoms with Crippen molar-refractivity contribution in [2.24, 2.45) is 10.7 Å². The molecule has 0 unspecified atom stereocenters. The number of halogens is 3. The summed E-state index contributed by atoms with van der Waals surface area (Å²) in [5, 5.41) is 4.48. The van der Waals surface area contributed by atoms with Crippen molar-refractivity contribution in [3.05, 3.63) is 97.0 Å². The van der Waals surface area contributed by atoms with Gasteiger partial charge in [0.15, 0.2) is 0 Å². The number of benzene rings is 3. The van der Waals surface area contributed by atoms with Crippen molar-refractivity contribution < 1.29 is 9.59 Å². The Morgan fingerprint density at radius 3 is 2.34 bits per heavy atom. The summed E-state index contributed by atoms with van der Waals surface area (Å²) in [6.45, 7) is 2.26. The smallest absolute Gasteiger partial charge is 0.257 e. The Balaban J connectivity index is 1.90. The standard InChI is InChI=1S/C26H23Cl2IN4O2/c1-15(16-2-6-18(27)7-3-16)33-24(17-4-8-19(28)9-5-17)25(31-13-12-23(30)34)32-22-11-10-20(29)14-21(22)26(33)35/h2-11,14-15,24H,12-13H2,1H3,(H2,30,34)(H,31,32)/t15-,24+/m1/s1. The van der Waals surface area contributed by atoms with Crippen LogP contribution in [0.2, 0.25) is 10.0 Å². The average Bonchev–Trinajstić information content (AvgIpc) is 2.94. The third-order valence-electron chi connectivity index (χ3n) is 5.83. The van der Waals surface area contributed by atoms with Gasteiger partial charge in [-0.2, -0.15) is 0 Å². The molecule has 3 aromatic rings. The molecule has 1 heterocycles. The van der Waals surface area contributed by atoms with E-state index in [9.17, 15) is 9.59 Å². The molecule has 0 saturated heterocycles. The highest BCUT2D eigenvalue weighted by molar-refractivity contribution is 14.1. The van der Waals surface area contributed by atoms with Crippen LogP contribution < -0.4 is 11.1 Å². The molecule has 3 N–H and O–H groups in total. The third-order valence-corrected chi connectivity index (χ3v) is 7.01. The summed E-state index contributed by atoms with van der Waals surface area (Å²) in [6, 6.07) is 19.5. The lowest BCUT2D eigenvalue weighted by Gasteiger charge is -2.37. The van der Waals surface area contributed by atoms with Crippen LogP contribution in [0.3, 0.4) is 0 Å². The molecule has 9 heteroatoms. The van der Waals surface area contributed by atoms with E-state index in [2.05, 4.69) is 27.9 Å². The number of nitrogens with two attached hydrogens (primary N) is 1. The number of primary amides is 1. The highest BCUT2D eigenvalue weighted by Crippen LogP contribution is 2.39. The molecule has 0 fully saturated rings. The minimum absolute atomic E-state index is 0.132. The van der Waals surface area contributed by atoms with Crippen molar-refractivity contribution in [3.8, 4) is 0 Å². The number of carbonyl (C=O) groups is 2. The second-order valence-corrected chi connectivity index (χ2v) is 10.3. The molecule has 0 spiro atoms. The maximum absolute atomic E-state index is 14.1. The molecule has 0 bridgehead atoms. The van der Waals surface area contributed by atoms with Crippen molar-refractivity contribution in [1.29, 1.82) is 0 Å². The number of nitrogens with zero attached hydrogens (tertiary/aromatic N) is 2. The van der Waals surface area contributed by atoms with Crippen LogP contribution >= 0.6 is 45.8 Å². The number of aliphatic imine (C=N–C) groups is 1. The number of nitrogens with one attached hydrogen (secondary N) is 1. The largest absolute Gasteiger partial charge is 0.371 e. The first kappa shape index (κ1) is 25.5. The van der Waals surface area contributed by atoms with Gasteiger partial charge in [0.2, 0.25) is 5.91 Å². The molecule has 0 aromatic heterocycles. The number of amides is 2. The SMILES string of the molecule is C[C@H](c1ccc(Cl)cc1)N1C(=O)c2cc(I)ccc2N=C(NCCC(N)=O)[C@@H]1c1ccc(Cl)cc1. The number of carbonyl (C=O) groups excluding carboxylic acids is 2. The van der Waals surface area contributed by atoms with Crippen molar-refractivity contribution in [2.75, 3.05) is 6.54 Å². The van der Waals surface area contributed by atoms with Crippen molar-refractivity contribution in [3.63, 3.8) is 0 Å². The van der Waals surface area contributed by atoms with E-state index in [1.807, 2.05) is 66.4 Å². The fourth-order valence-corrected chi connectivity index (χ4v) is 4.81. The normalized spacial score (nSPS) is 16.2. The van der Waals surface area contributed by atoms with E-state index in [-0.39, 0.29) is 24.9 Å². The molecule has 35 heavy (non-hydrogen) atoms. The summed E-state index contributed by atoms with van der Waals surface area (Å²) in [5.41, 5.74) is 8.18. The lowest BCUT2D eigenvalue weighted by molar-refractivity contribution is -0.117. The van der Waals surface area contributed by atoms with Gasteiger partial charge >= 0.3 is 0 Å². The van der Waals surface area contributed by atoms with Gasteiger partial charge in [0.05, 0.1) is 17.3 Å². The fourth-order valence-electron chi connectivity index (χ4n) is 4.07. The Hall–Kier alpha value is -2.62.